The molecule has 2 rings (SSSR count). The lowest BCUT2D eigenvalue weighted by Gasteiger charge is -2.17. The van der Waals surface area contributed by atoms with E-state index >= 15 is 0 Å². The molecule has 2 aromatic rings. The Morgan fingerprint density at radius 1 is 1.43 bits per heavy atom. The molecule has 2 aromatic heterocycles. The van der Waals surface area contributed by atoms with Crippen LogP contribution >= 0.6 is 15.9 Å². The van der Waals surface area contributed by atoms with Gasteiger partial charge in [-0.3, -0.25) is 9.48 Å². The van der Waals surface area contributed by atoms with Crippen molar-refractivity contribution in [3.63, 3.8) is 0 Å². The van der Waals surface area contributed by atoms with Crippen LogP contribution in [0.1, 0.15) is 24.9 Å². The molecule has 0 radical (unpaired) electrons. The molecular weight excluding hydrogens is 338 g/mol. The van der Waals surface area contributed by atoms with Crippen LogP contribution in [-0.4, -0.2) is 34.5 Å². The van der Waals surface area contributed by atoms with Gasteiger partial charge in [0, 0.05) is 18.5 Å². The first-order valence-corrected chi connectivity index (χ1v) is 7.29. The lowest BCUT2D eigenvalue weighted by atomic mass is 10.1. The molecule has 0 N–H and O–H groups in total. The van der Waals surface area contributed by atoms with Gasteiger partial charge in [-0.1, -0.05) is 0 Å². The molecule has 1 unspecified atom stereocenters. The number of hydrogen-bond acceptors (Lipinski definition) is 5. The van der Waals surface area contributed by atoms with E-state index < -0.39 is 0 Å². The lowest BCUT2D eigenvalue weighted by Crippen LogP contribution is -2.18. The van der Waals surface area contributed by atoms with Gasteiger partial charge in [-0.15, -0.1) is 0 Å². The van der Waals surface area contributed by atoms with Crippen LogP contribution in [0.25, 0.3) is 0 Å². The Kier molecular flexibility index (Phi) is 5.32. The predicted molar refractivity (Wildman–Crippen MR) is 80.1 cm³/mol. The Labute approximate surface area is 131 Å². The number of pyridine rings is 1. The van der Waals surface area contributed by atoms with Crippen molar-refractivity contribution in [1.82, 2.24) is 14.8 Å². The van der Waals surface area contributed by atoms with Crippen molar-refractivity contribution < 1.29 is 14.3 Å². The predicted octanol–water partition coefficient (Wildman–Crippen LogP) is 2.59. The van der Waals surface area contributed by atoms with E-state index in [2.05, 4.69) is 26.0 Å². The van der Waals surface area contributed by atoms with E-state index in [0.717, 1.165) is 5.56 Å². The molecule has 0 aliphatic carbocycles. The summed E-state index contributed by atoms with van der Waals surface area (Å²) in [5.74, 6) is 0.250. The van der Waals surface area contributed by atoms with Gasteiger partial charge in [-0.05, 0) is 40.5 Å². The van der Waals surface area contributed by atoms with Crippen LogP contribution < -0.4 is 4.74 Å². The Hall–Kier alpha value is -1.89. The molecule has 0 bridgehead atoms. The minimum Gasteiger partial charge on any atom is -0.481 e. The maximum absolute atomic E-state index is 11.8. The highest BCUT2D eigenvalue weighted by Crippen LogP contribution is 2.24. The normalized spacial score (nSPS) is 12.0. The number of carbonyl (C=O) groups excluding carboxylic acids is 1. The molecule has 0 aromatic carbocycles. The SMILES string of the molecule is CCOC(=O)CC(c1ccc(OC)nc1)n1ccc(Br)n1. The van der Waals surface area contributed by atoms with Crippen LogP contribution in [0.4, 0.5) is 0 Å². The molecule has 7 heteroatoms. The minimum absolute atomic E-state index is 0.190. The van der Waals surface area contributed by atoms with Crippen molar-refractivity contribution in [3.8, 4) is 5.88 Å². The van der Waals surface area contributed by atoms with Crippen LogP contribution in [0.3, 0.4) is 0 Å². The van der Waals surface area contributed by atoms with Crippen molar-refractivity contribution in [3.05, 3.63) is 40.8 Å². The molecule has 2 heterocycles. The van der Waals surface area contributed by atoms with Gasteiger partial charge in [0.1, 0.15) is 4.60 Å². The fourth-order valence-corrected chi connectivity index (χ4v) is 2.24. The topological polar surface area (TPSA) is 66.2 Å². The fourth-order valence-electron chi connectivity index (χ4n) is 1.94. The summed E-state index contributed by atoms with van der Waals surface area (Å²) in [5, 5.41) is 4.31. The number of methoxy groups -OCH3 is 1. The van der Waals surface area contributed by atoms with E-state index in [1.807, 2.05) is 12.1 Å². The molecule has 112 valence electrons. The maximum Gasteiger partial charge on any atom is 0.308 e. The molecule has 0 spiro atoms. The zero-order valence-electron chi connectivity index (χ0n) is 11.8. The van der Waals surface area contributed by atoms with Gasteiger partial charge < -0.3 is 9.47 Å². The van der Waals surface area contributed by atoms with Crippen LogP contribution in [0.2, 0.25) is 0 Å². The molecule has 21 heavy (non-hydrogen) atoms. The Morgan fingerprint density at radius 2 is 2.24 bits per heavy atom. The second-order valence-corrected chi connectivity index (χ2v) is 5.09. The zero-order valence-corrected chi connectivity index (χ0v) is 13.4. The summed E-state index contributed by atoms with van der Waals surface area (Å²) < 4.78 is 12.5. The average molecular weight is 354 g/mol. The van der Waals surface area contributed by atoms with E-state index in [1.165, 1.54) is 0 Å². The molecule has 0 amide bonds. The number of halogens is 1. The first-order valence-electron chi connectivity index (χ1n) is 6.50. The van der Waals surface area contributed by atoms with Crippen molar-refractivity contribution in [2.45, 2.75) is 19.4 Å². The molecule has 0 saturated heterocycles. The first-order chi connectivity index (χ1) is 10.1. The van der Waals surface area contributed by atoms with Gasteiger partial charge in [0.05, 0.1) is 26.2 Å². The molecule has 0 aliphatic rings. The Balaban J connectivity index is 2.27. The molecule has 0 saturated carbocycles. The van der Waals surface area contributed by atoms with E-state index in [1.54, 1.807) is 37.2 Å². The molecule has 0 aliphatic heterocycles. The molecule has 6 nitrogen and oxygen atoms in total. The van der Waals surface area contributed by atoms with Crippen molar-refractivity contribution in [2.75, 3.05) is 13.7 Å². The van der Waals surface area contributed by atoms with Gasteiger partial charge in [-0.2, -0.15) is 5.10 Å². The van der Waals surface area contributed by atoms with Crippen LogP contribution in [-0.2, 0) is 9.53 Å². The number of nitrogens with zero attached hydrogens (tertiary/aromatic N) is 3. The number of esters is 1. The fraction of sp³-hybridized carbons (Fsp3) is 0.357. The third kappa shape index (κ3) is 4.04. The monoisotopic (exact) mass is 353 g/mol. The molecule has 1 atom stereocenters. The zero-order chi connectivity index (χ0) is 15.2. The summed E-state index contributed by atoms with van der Waals surface area (Å²) in [6, 6.07) is 5.17. The maximum atomic E-state index is 11.8. The lowest BCUT2D eigenvalue weighted by molar-refractivity contribution is -0.143. The standard InChI is InChI=1S/C14H16BrN3O3/c1-3-21-14(19)8-11(18-7-6-12(15)17-18)10-4-5-13(20-2)16-9-10/h4-7,9,11H,3,8H2,1-2H3. The summed E-state index contributed by atoms with van der Waals surface area (Å²) in [5.41, 5.74) is 0.861. The quantitative estimate of drug-likeness (QED) is 0.746. The van der Waals surface area contributed by atoms with Crippen molar-refractivity contribution >= 4 is 21.9 Å². The van der Waals surface area contributed by atoms with E-state index in [-0.39, 0.29) is 18.4 Å². The summed E-state index contributed by atoms with van der Waals surface area (Å²) in [6.07, 6.45) is 3.67. The van der Waals surface area contributed by atoms with Crippen LogP contribution in [0.5, 0.6) is 5.88 Å². The number of hydrogen-bond donors (Lipinski definition) is 0. The van der Waals surface area contributed by atoms with E-state index in [4.69, 9.17) is 9.47 Å². The minimum atomic E-state index is -0.273. The second kappa shape index (κ2) is 7.21. The summed E-state index contributed by atoms with van der Waals surface area (Å²) in [7, 11) is 1.56. The van der Waals surface area contributed by atoms with Gasteiger partial charge >= 0.3 is 5.97 Å². The van der Waals surface area contributed by atoms with Crippen LogP contribution in [0.15, 0.2) is 35.2 Å². The Morgan fingerprint density at radius 3 is 2.76 bits per heavy atom. The van der Waals surface area contributed by atoms with Crippen molar-refractivity contribution in [1.29, 1.82) is 0 Å². The second-order valence-electron chi connectivity index (χ2n) is 4.28. The summed E-state index contributed by atoms with van der Waals surface area (Å²) >= 11 is 3.31. The number of aromatic nitrogens is 3. The summed E-state index contributed by atoms with van der Waals surface area (Å²) in [4.78, 5) is 16.0. The number of rotatable bonds is 6. The highest BCUT2D eigenvalue weighted by atomic mass is 79.9. The van der Waals surface area contributed by atoms with E-state index in [9.17, 15) is 4.79 Å². The third-order valence-corrected chi connectivity index (χ3v) is 3.34. The summed E-state index contributed by atoms with van der Waals surface area (Å²) in [6.45, 7) is 2.14. The van der Waals surface area contributed by atoms with Gasteiger partial charge in [0.2, 0.25) is 5.88 Å². The van der Waals surface area contributed by atoms with Gasteiger partial charge in [0.25, 0.3) is 0 Å². The molecule has 0 fully saturated rings. The largest absolute Gasteiger partial charge is 0.481 e. The van der Waals surface area contributed by atoms with Crippen molar-refractivity contribution in [2.24, 2.45) is 0 Å². The van der Waals surface area contributed by atoms with E-state index in [0.29, 0.717) is 17.1 Å². The van der Waals surface area contributed by atoms with Gasteiger partial charge in [0.15, 0.2) is 0 Å². The van der Waals surface area contributed by atoms with Gasteiger partial charge in [-0.25, -0.2) is 4.98 Å². The highest BCUT2D eigenvalue weighted by Gasteiger charge is 2.20. The smallest absolute Gasteiger partial charge is 0.308 e. The number of carbonyl (C=O) groups is 1. The average Bonchev–Trinajstić information content (AvgIpc) is 2.91. The van der Waals surface area contributed by atoms with Crippen LogP contribution in [0, 0.1) is 0 Å². The third-order valence-electron chi connectivity index (χ3n) is 2.91. The molecular formula is C14H16BrN3O3. The first kappa shape index (κ1) is 15.5. The Bertz CT molecular complexity index is 598. The highest BCUT2D eigenvalue weighted by molar-refractivity contribution is 9.10. The number of ether oxygens (including phenoxy) is 2.